The van der Waals surface area contributed by atoms with Crippen molar-refractivity contribution in [2.24, 2.45) is 5.41 Å². The van der Waals surface area contributed by atoms with Crippen LogP contribution in [-0.4, -0.2) is 12.1 Å². The average molecular weight is 270 g/mol. The van der Waals surface area contributed by atoms with Crippen LogP contribution in [0.1, 0.15) is 39.2 Å². The van der Waals surface area contributed by atoms with E-state index in [0.717, 1.165) is 18.5 Å². The third-order valence-corrected chi connectivity index (χ3v) is 3.88. The summed E-state index contributed by atoms with van der Waals surface area (Å²) in [5.41, 5.74) is 1.53. The Balaban J connectivity index is 2.00. The third kappa shape index (κ3) is 3.69. The van der Waals surface area contributed by atoms with Crippen LogP contribution in [0.4, 0.5) is 4.39 Å². The second-order valence-electron chi connectivity index (χ2n) is 6.52. The highest BCUT2D eigenvalue weighted by molar-refractivity contribution is 6.31. The first-order chi connectivity index (χ1) is 8.30. The first kappa shape index (κ1) is 13.8. The van der Waals surface area contributed by atoms with Crippen LogP contribution in [0.5, 0.6) is 0 Å². The lowest BCUT2D eigenvalue weighted by Gasteiger charge is -2.25. The van der Waals surface area contributed by atoms with Crippen LogP contribution in [0.25, 0.3) is 0 Å². The van der Waals surface area contributed by atoms with Gasteiger partial charge in [0.15, 0.2) is 0 Å². The van der Waals surface area contributed by atoms with Crippen LogP contribution < -0.4 is 5.32 Å². The van der Waals surface area contributed by atoms with Gasteiger partial charge in [0.2, 0.25) is 0 Å². The van der Waals surface area contributed by atoms with Crippen molar-refractivity contribution >= 4 is 11.6 Å². The molecule has 1 N–H and O–H groups in total. The van der Waals surface area contributed by atoms with Gasteiger partial charge in [-0.1, -0.05) is 17.7 Å². The van der Waals surface area contributed by atoms with Gasteiger partial charge in [-0.05, 0) is 63.1 Å². The maximum Gasteiger partial charge on any atom is 0.124 e. The Kier molecular flexibility index (Phi) is 3.70. The Morgan fingerprint density at radius 2 is 2.00 bits per heavy atom. The number of hydrogen-bond acceptors (Lipinski definition) is 1. The SMILES string of the molecule is CC(C)(C)NCC1(Cc2ccc(F)cc2Cl)CC1. The Hall–Kier alpha value is -0.600. The number of rotatable bonds is 4. The Morgan fingerprint density at radius 1 is 1.33 bits per heavy atom. The van der Waals surface area contributed by atoms with Gasteiger partial charge in [0.1, 0.15) is 5.82 Å². The fraction of sp³-hybridized carbons (Fsp3) is 0.600. The molecule has 0 aromatic heterocycles. The molecule has 1 aliphatic rings. The van der Waals surface area contributed by atoms with Gasteiger partial charge in [0, 0.05) is 17.1 Å². The first-order valence-corrected chi connectivity index (χ1v) is 6.87. The molecule has 0 radical (unpaired) electrons. The molecule has 1 aliphatic carbocycles. The monoisotopic (exact) mass is 269 g/mol. The van der Waals surface area contributed by atoms with Gasteiger partial charge in [-0.25, -0.2) is 4.39 Å². The molecular formula is C15H21ClFN. The van der Waals surface area contributed by atoms with Crippen LogP contribution >= 0.6 is 11.6 Å². The average Bonchev–Trinajstić information content (AvgIpc) is 3.00. The standard InChI is InChI=1S/C15H21ClFN/c1-14(2,3)18-10-15(6-7-15)9-11-4-5-12(17)8-13(11)16/h4-5,8,18H,6-7,9-10H2,1-3H3. The van der Waals surface area contributed by atoms with Crippen LogP contribution in [0.15, 0.2) is 18.2 Å². The fourth-order valence-electron chi connectivity index (χ4n) is 2.11. The lowest BCUT2D eigenvalue weighted by atomic mass is 9.95. The normalized spacial score (nSPS) is 17.8. The number of benzene rings is 1. The molecule has 18 heavy (non-hydrogen) atoms. The maximum atomic E-state index is 13.0. The second-order valence-corrected chi connectivity index (χ2v) is 6.92. The second kappa shape index (κ2) is 4.82. The predicted molar refractivity (Wildman–Crippen MR) is 74.5 cm³/mol. The number of hydrogen-bond donors (Lipinski definition) is 1. The molecule has 0 heterocycles. The van der Waals surface area contributed by atoms with Crippen LogP contribution in [0.2, 0.25) is 5.02 Å². The smallest absolute Gasteiger partial charge is 0.124 e. The van der Waals surface area contributed by atoms with Crippen molar-refractivity contribution in [3.63, 3.8) is 0 Å². The van der Waals surface area contributed by atoms with Crippen molar-refractivity contribution in [1.29, 1.82) is 0 Å². The molecule has 0 spiro atoms. The molecule has 1 saturated carbocycles. The zero-order valence-corrected chi connectivity index (χ0v) is 12.1. The minimum Gasteiger partial charge on any atom is -0.312 e. The summed E-state index contributed by atoms with van der Waals surface area (Å²) in [7, 11) is 0. The molecule has 0 saturated heterocycles. The first-order valence-electron chi connectivity index (χ1n) is 6.49. The number of nitrogens with one attached hydrogen (secondary N) is 1. The van der Waals surface area contributed by atoms with Gasteiger partial charge in [-0.3, -0.25) is 0 Å². The van der Waals surface area contributed by atoms with E-state index in [4.69, 9.17) is 11.6 Å². The third-order valence-electron chi connectivity index (χ3n) is 3.53. The largest absolute Gasteiger partial charge is 0.312 e. The van der Waals surface area contributed by atoms with E-state index in [1.165, 1.54) is 25.0 Å². The highest BCUT2D eigenvalue weighted by Crippen LogP contribution is 2.48. The van der Waals surface area contributed by atoms with Crippen molar-refractivity contribution in [3.8, 4) is 0 Å². The molecule has 0 bridgehead atoms. The molecule has 0 amide bonds. The van der Waals surface area contributed by atoms with Gasteiger partial charge in [-0.2, -0.15) is 0 Å². The summed E-state index contributed by atoms with van der Waals surface area (Å²) >= 11 is 6.09. The molecule has 1 fully saturated rings. The van der Waals surface area contributed by atoms with E-state index in [0.29, 0.717) is 10.4 Å². The molecule has 1 aromatic carbocycles. The van der Waals surface area contributed by atoms with Gasteiger partial charge in [-0.15, -0.1) is 0 Å². The summed E-state index contributed by atoms with van der Waals surface area (Å²) in [5.74, 6) is -0.263. The molecule has 1 nitrogen and oxygen atoms in total. The quantitative estimate of drug-likeness (QED) is 0.864. The van der Waals surface area contributed by atoms with E-state index >= 15 is 0 Å². The molecule has 3 heteroatoms. The highest BCUT2D eigenvalue weighted by Gasteiger charge is 2.43. The van der Waals surface area contributed by atoms with Crippen molar-refractivity contribution < 1.29 is 4.39 Å². The summed E-state index contributed by atoms with van der Waals surface area (Å²) in [6, 6.07) is 4.72. The van der Waals surface area contributed by atoms with E-state index in [1.54, 1.807) is 0 Å². The van der Waals surface area contributed by atoms with E-state index < -0.39 is 0 Å². The molecule has 100 valence electrons. The molecule has 0 aliphatic heterocycles. The van der Waals surface area contributed by atoms with Crippen molar-refractivity contribution in [3.05, 3.63) is 34.6 Å². The number of halogens is 2. The zero-order valence-electron chi connectivity index (χ0n) is 11.3. The van der Waals surface area contributed by atoms with Gasteiger partial charge < -0.3 is 5.32 Å². The van der Waals surface area contributed by atoms with Crippen molar-refractivity contribution in [2.45, 2.75) is 45.6 Å². The molecule has 1 aromatic rings. The van der Waals surface area contributed by atoms with Crippen LogP contribution in [0.3, 0.4) is 0 Å². The van der Waals surface area contributed by atoms with E-state index in [-0.39, 0.29) is 11.4 Å². The van der Waals surface area contributed by atoms with Gasteiger partial charge in [0.05, 0.1) is 0 Å². The van der Waals surface area contributed by atoms with Gasteiger partial charge in [0.25, 0.3) is 0 Å². The summed E-state index contributed by atoms with van der Waals surface area (Å²) < 4.78 is 13.0. The van der Waals surface area contributed by atoms with Gasteiger partial charge >= 0.3 is 0 Å². The lowest BCUT2D eigenvalue weighted by molar-refractivity contribution is 0.356. The van der Waals surface area contributed by atoms with E-state index in [2.05, 4.69) is 26.1 Å². The summed E-state index contributed by atoms with van der Waals surface area (Å²) in [4.78, 5) is 0. The Bertz CT molecular complexity index is 433. The highest BCUT2D eigenvalue weighted by atomic mass is 35.5. The summed E-state index contributed by atoms with van der Waals surface area (Å²) in [6.07, 6.45) is 3.39. The Morgan fingerprint density at radius 3 is 2.50 bits per heavy atom. The van der Waals surface area contributed by atoms with Crippen molar-refractivity contribution in [1.82, 2.24) is 5.32 Å². The van der Waals surface area contributed by atoms with Crippen molar-refractivity contribution in [2.75, 3.05) is 6.54 Å². The van der Waals surface area contributed by atoms with E-state index in [1.807, 2.05) is 6.07 Å². The minimum atomic E-state index is -0.263. The zero-order chi connectivity index (χ0) is 13.4. The summed E-state index contributed by atoms with van der Waals surface area (Å²) in [5, 5.41) is 4.11. The van der Waals surface area contributed by atoms with Crippen LogP contribution in [0, 0.1) is 11.2 Å². The topological polar surface area (TPSA) is 12.0 Å². The minimum absolute atomic E-state index is 0.141. The lowest BCUT2D eigenvalue weighted by Crippen LogP contribution is -2.40. The molecule has 0 unspecified atom stereocenters. The summed E-state index contributed by atoms with van der Waals surface area (Å²) in [6.45, 7) is 7.53. The molecular weight excluding hydrogens is 249 g/mol. The van der Waals surface area contributed by atoms with Crippen LogP contribution in [-0.2, 0) is 6.42 Å². The molecule has 2 rings (SSSR count). The Labute approximate surface area is 114 Å². The van der Waals surface area contributed by atoms with E-state index in [9.17, 15) is 4.39 Å². The predicted octanol–water partition coefficient (Wildman–Crippen LogP) is 4.19. The maximum absolute atomic E-state index is 13.0. The molecule has 0 atom stereocenters. The fourth-order valence-corrected chi connectivity index (χ4v) is 2.35.